The van der Waals surface area contributed by atoms with E-state index >= 15 is 0 Å². The lowest BCUT2D eigenvalue weighted by Gasteiger charge is -2.24. The highest BCUT2D eigenvalue weighted by atomic mass is 16.5. The summed E-state index contributed by atoms with van der Waals surface area (Å²) in [5, 5.41) is 11.8. The lowest BCUT2D eigenvalue weighted by atomic mass is 10.0. The second-order valence-corrected chi connectivity index (χ2v) is 5.06. The quantitative estimate of drug-likeness (QED) is 0.842. The van der Waals surface area contributed by atoms with Gasteiger partial charge < -0.3 is 14.6 Å². The van der Waals surface area contributed by atoms with E-state index in [9.17, 15) is 0 Å². The number of nitrogens with zero attached hydrogens (tertiary/aromatic N) is 3. The van der Waals surface area contributed by atoms with E-state index in [0.717, 1.165) is 57.3 Å². The molecule has 0 amide bonds. The van der Waals surface area contributed by atoms with Crippen LogP contribution in [0.3, 0.4) is 0 Å². The fraction of sp³-hybridized carbons (Fsp3) is 0.833. The third kappa shape index (κ3) is 2.50. The van der Waals surface area contributed by atoms with Crippen LogP contribution in [0.15, 0.2) is 6.33 Å². The molecule has 1 unspecified atom stereocenters. The highest BCUT2D eigenvalue weighted by Crippen LogP contribution is 2.23. The summed E-state index contributed by atoms with van der Waals surface area (Å²) in [6.45, 7) is 4.01. The first-order valence-corrected chi connectivity index (χ1v) is 6.60. The highest BCUT2D eigenvalue weighted by Gasteiger charge is 2.22. The van der Waals surface area contributed by atoms with Gasteiger partial charge in [-0.15, -0.1) is 10.2 Å². The molecule has 0 aromatic carbocycles. The third-order valence-corrected chi connectivity index (χ3v) is 3.87. The predicted molar refractivity (Wildman–Crippen MR) is 63.8 cm³/mol. The fourth-order valence-corrected chi connectivity index (χ4v) is 2.83. The largest absolute Gasteiger partial charge is 0.381 e. The first-order chi connectivity index (χ1) is 8.43. The van der Waals surface area contributed by atoms with E-state index < -0.39 is 0 Å². The second kappa shape index (κ2) is 5.14. The van der Waals surface area contributed by atoms with Crippen molar-refractivity contribution in [3.05, 3.63) is 12.2 Å². The minimum absolute atomic E-state index is 0.545. The molecule has 0 aliphatic carbocycles. The summed E-state index contributed by atoms with van der Waals surface area (Å²) in [6.07, 6.45) is 6.40. The fourth-order valence-electron chi connectivity index (χ4n) is 2.83. The molecule has 0 spiro atoms. The Labute approximate surface area is 102 Å². The molecule has 17 heavy (non-hydrogen) atoms. The molecule has 1 aromatic rings. The lowest BCUT2D eigenvalue weighted by Crippen LogP contribution is -2.22. The van der Waals surface area contributed by atoms with Crippen LogP contribution in [0.4, 0.5) is 0 Å². The molecule has 0 saturated carbocycles. The second-order valence-electron chi connectivity index (χ2n) is 5.06. The van der Waals surface area contributed by atoms with Gasteiger partial charge in [0.25, 0.3) is 0 Å². The molecular formula is C12H20N4O. The Morgan fingerprint density at radius 2 is 2.24 bits per heavy atom. The summed E-state index contributed by atoms with van der Waals surface area (Å²) in [6, 6.07) is 0.545. The molecule has 94 valence electrons. The van der Waals surface area contributed by atoms with Gasteiger partial charge in [0.2, 0.25) is 0 Å². The van der Waals surface area contributed by atoms with E-state index in [2.05, 4.69) is 20.1 Å². The van der Waals surface area contributed by atoms with Crippen molar-refractivity contribution in [1.29, 1.82) is 0 Å². The van der Waals surface area contributed by atoms with Crippen LogP contribution in [0.1, 0.15) is 31.1 Å². The van der Waals surface area contributed by atoms with Gasteiger partial charge in [-0.25, -0.2) is 0 Å². The maximum absolute atomic E-state index is 5.41. The molecule has 2 aliphatic heterocycles. The van der Waals surface area contributed by atoms with Crippen LogP contribution in [-0.2, 0) is 11.2 Å². The summed E-state index contributed by atoms with van der Waals surface area (Å²) in [7, 11) is 0. The molecule has 1 aromatic heterocycles. The first kappa shape index (κ1) is 11.2. The Morgan fingerprint density at radius 3 is 3.00 bits per heavy atom. The van der Waals surface area contributed by atoms with E-state index in [0.29, 0.717) is 6.04 Å². The standard InChI is InChI=1S/C12H20N4O/c1-4-13-8-10(1)7-12-15-14-9-16(12)11-2-5-17-6-3-11/h9-11,13H,1-8H2. The molecule has 0 radical (unpaired) electrons. The Bertz CT molecular complexity index is 353. The smallest absolute Gasteiger partial charge is 0.133 e. The number of nitrogens with one attached hydrogen (secondary N) is 1. The molecule has 1 N–H and O–H groups in total. The summed E-state index contributed by atoms with van der Waals surface area (Å²) in [4.78, 5) is 0. The highest BCUT2D eigenvalue weighted by molar-refractivity contribution is 4.94. The van der Waals surface area contributed by atoms with Crippen molar-refractivity contribution in [1.82, 2.24) is 20.1 Å². The summed E-state index contributed by atoms with van der Waals surface area (Å²) in [5.41, 5.74) is 0. The minimum Gasteiger partial charge on any atom is -0.381 e. The molecular weight excluding hydrogens is 216 g/mol. The van der Waals surface area contributed by atoms with Gasteiger partial charge in [-0.05, 0) is 38.3 Å². The maximum Gasteiger partial charge on any atom is 0.133 e. The zero-order valence-electron chi connectivity index (χ0n) is 10.1. The van der Waals surface area contributed by atoms with Crippen molar-refractivity contribution in [3.63, 3.8) is 0 Å². The molecule has 2 aliphatic rings. The Hall–Kier alpha value is -0.940. The van der Waals surface area contributed by atoms with Gasteiger partial charge in [-0.1, -0.05) is 0 Å². The van der Waals surface area contributed by atoms with Gasteiger partial charge in [0.05, 0.1) is 0 Å². The molecule has 3 rings (SSSR count). The number of hydrogen-bond acceptors (Lipinski definition) is 4. The van der Waals surface area contributed by atoms with Gasteiger partial charge in [-0.2, -0.15) is 0 Å². The van der Waals surface area contributed by atoms with Crippen LogP contribution in [0, 0.1) is 5.92 Å². The van der Waals surface area contributed by atoms with Crippen LogP contribution in [0.25, 0.3) is 0 Å². The molecule has 1 atom stereocenters. The van der Waals surface area contributed by atoms with E-state index in [1.165, 1.54) is 6.42 Å². The monoisotopic (exact) mass is 236 g/mol. The van der Waals surface area contributed by atoms with Crippen molar-refractivity contribution < 1.29 is 4.74 Å². The van der Waals surface area contributed by atoms with E-state index in [1.807, 2.05) is 6.33 Å². The molecule has 5 nitrogen and oxygen atoms in total. The van der Waals surface area contributed by atoms with Gasteiger partial charge in [0, 0.05) is 25.7 Å². The predicted octanol–water partition coefficient (Wildman–Crippen LogP) is 0.782. The number of ether oxygens (including phenoxy) is 1. The summed E-state index contributed by atoms with van der Waals surface area (Å²) in [5.74, 6) is 1.89. The Kier molecular flexibility index (Phi) is 3.38. The maximum atomic E-state index is 5.41. The lowest BCUT2D eigenvalue weighted by molar-refractivity contribution is 0.0686. The Morgan fingerprint density at radius 1 is 1.35 bits per heavy atom. The molecule has 0 bridgehead atoms. The zero-order valence-corrected chi connectivity index (χ0v) is 10.1. The van der Waals surface area contributed by atoms with E-state index in [1.54, 1.807) is 0 Å². The molecule has 2 fully saturated rings. The van der Waals surface area contributed by atoms with Crippen LogP contribution in [0.2, 0.25) is 0 Å². The number of aromatic nitrogens is 3. The molecule has 3 heterocycles. The average Bonchev–Trinajstić information content (AvgIpc) is 3.02. The van der Waals surface area contributed by atoms with Crippen molar-refractivity contribution in [2.45, 2.75) is 31.7 Å². The van der Waals surface area contributed by atoms with Crippen molar-refractivity contribution in [2.75, 3.05) is 26.3 Å². The normalized spacial score (nSPS) is 26.5. The minimum atomic E-state index is 0.545. The Balaban J connectivity index is 1.69. The van der Waals surface area contributed by atoms with Gasteiger partial charge >= 0.3 is 0 Å². The van der Waals surface area contributed by atoms with Crippen LogP contribution in [-0.4, -0.2) is 41.1 Å². The average molecular weight is 236 g/mol. The van der Waals surface area contributed by atoms with Crippen LogP contribution in [0.5, 0.6) is 0 Å². The first-order valence-electron chi connectivity index (χ1n) is 6.60. The van der Waals surface area contributed by atoms with Crippen LogP contribution < -0.4 is 5.32 Å². The zero-order chi connectivity index (χ0) is 11.5. The van der Waals surface area contributed by atoms with E-state index in [4.69, 9.17) is 4.74 Å². The van der Waals surface area contributed by atoms with E-state index in [-0.39, 0.29) is 0 Å². The van der Waals surface area contributed by atoms with Crippen molar-refractivity contribution >= 4 is 0 Å². The number of hydrogen-bond donors (Lipinski definition) is 1. The van der Waals surface area contributed by atoms with Gasteiger partial charge in [-0.3, -0.25) is 0 Å². The SMILES string of the molecule is c1nnc(CC2CCNC2)n1C1CCOCC1. The van der Waals surface area contributed by atoms with Crippen LogP contribution >= 0.6 is 0 Å². The van der Waals surface area contributed by atoms with Gasteiger partial charge in [0.15, 0.2) is 0 Å². The van der Waals surface area contributed by atoms with Crippen molar-refractivity contribution in [3.8, 4) is 0 Å². The molecule has 5 heteroatoms. The molecule has 2 saturated heterocycles. The third-order valence-electron chi connectivity index (χ3n) is 3.87. The summed E-state index contributed by atoms with van der Waals surface area (Å²) >= 11 is 0. The number of rotatable bonds is 3. The van der Waals surface area contributed by atoms with Crippen molar-refractivity contribution in [2.24, 2.45) is 5.92 Å². The summed E-state index contributed by atoms with van der Waals surface area (Å²) < 4.78 is 7.69. The van der Waals surface area contributed by atoms with Gasteiger partial charge in [0.1, 0.15) is 12.2 Å². The topological polar surface area (TPSA) is 52.0 Å².